The molecule has 0 aliphatic rings. The average molecular weight is 321 g/mol. The lowest BCUT2D eigenvalue weighted by molar-refractivity contribution is 0.285. The first-order valence-corrected chi connectivity index (χ1v) is 8.64. The molecule has 0 radical (unpaired) electrons. The first-order chi connectivity index (χ1) is 9.75. The molecule has 0 aliphatic carbocycles. The second-order valence-corrected chi connectivity index (χ2v) is 7.48. The number of sulfone groups is 1. The molecular weight excluding hydrogens is 300 g/mol. The summed E-state index contributed by atoms with van der Waals surface area (Å²) in [5.74, 6) is -2.10. The summed E-state index contributed by atoms with van der Waals surface area (Å²) in [5, 5.41) is 0. The van der Waals surface area contributed by atoms with Crippen LogP contribution in [0.15, 0.2) is 12.1 Å². The fourth-order valence-corrected chi connectivity index (χ4v) is 2.68. The zero-order chi connectivity index (χ0) is 16.0. The Kier molecular flexibility index (Phi) is 6.54. The molecule has 120 valence electrons. The fraction of sp³-hybridized carbons (Fsp3) is 0.571. The molecule has 4 nitrogen and oxygen atoms in total. The molecule has 1 aromatic rings. The van der Waals surface area contributed by atoms with E-state index in [0.29, 0.717) is 12.0 Å². The van der Waals surface area contributed by atoms with E-state index in [1.807, 2.05) is 0 Å². The highest BCUT2D eigenvalue weighted by Crippen LogP contribution is 2.24. The number of ether oxygens (including phenoxy) is 1. The van der Waals surface area contributed by atoms with Crippen LogP contribution in [0.1, 0.15) is 25.8 Å². The number of nitrogens with two attached hydrogens (primary N) is 1. The van der Waals surface area contributed by atoms with E-state index in [-0.39, 0.29) is 30.6 Å². The molecule has 7 heteroatoms. The summed E-state index contributed by atoms with van der Waals surface area (Å²) in [6, 6.07) is 2.17. The van der Waals surface area contributed by atoms with Gasteiger partial charge in [-0.15, -0.1) is 0 Å². The van der Waals surface area contributed by atoms with Crippen molar-refractivity contribution in [2.24, 2.45) is 5.73 Å². The van der Waals surface area contributed by atoms with Gasteiger partial charge in [-0.25, -0.2) is 17.2 Å². The van der Waals surface area contributed by atoms with Gasteiger partial charge in [0.2, 0.25) is 0 Å². The zero-order valence-electron chi connectivity index (χ0n) is 12.2. The molecule has 1 aromatic carbocycles. The predicted molar refractivity (Wildman–Crippen MR) is 78.2 cm³/mol. The smallest absolute Gasteiger partial charge is 0.190 e. The molecule has 0 heterocycles. The minimum atomic E-state index is -3.10. The SMILES string of the molecule is CCS(=O)(=O)CCCOc1c(F)cc(CC(C)N)cc1F. The molecule has 0 spiro atoms. The van der Waals surface area contributed by atoms with Crippen molar-refractivity contribution in [1.29, 1.82) is 0 Å². The molecule has 1 rings (SSSR count). The third-order valence-corrected chi connectivity index (χ3v) is 4.69. The standard InChI is InChI=1S/C14H21F2NO3S/c1-3-21(18,19)6-4-5-20-14-12(15)8-11(7-10(2)17)9-13(14)16/h8-10H,3-7,17H2,1-2H3. The van der Waals surface area contributed by atoms with Crippen LogP contribution < -0.4 is 10.5 Å². The maximum absolute atomic E-state index is 13.8. The molecule has 2 N–H and O–H groups in total. The maximum Gasteiger partial charge on any atom is 0.190 e. The summed E-state index contributed by atoms with van der Waals surface area (Å²) in [6.45, 7) is 3.24. The van der Waals surface area contributed by atoms with Crippen molar-refractivity contribution >= 4 is 9.84 Å². The van der Waals surface area contributed by atoms with Crippen LogP contribution in [-0.4, -0.2) is 32.6 Å². The molecular formula is C14H21F2NO3S. The number of hydrogen-bond donors (Lipinski definition) is 1. The summed E-state index contributed by atoms with van der Waals surface area (Å²) >= 11 is 0. The van der Waals surface area contributed by atoms with Gasteiger partial charge in [0.25, 0.3) is 0 Å². The number of hydrogen-bond acceptors (Lipinski definition) is 4. The van der Waals surface area contributed by atoms with E-state index in [0.717, 1.165) is 0 Å². The molecule has 21 heavy (non-hydrogen) atoms. The van der Waals surface area contributed by atoms with Crippen molar-refractivity contribution in [1.82, 2.24) is 0 Å². The van der Waals surface area contributed by atoms with Crippen molar-refractivity contribution in [2.75, 3.05) is 18.1 Å². The minimum absolute atomic E-state index is 0.0433. The van der Waals surface area contributed by atoms with E-state index in [1.54, 1.807) is 13.8 Å². The van der Waals surface area contributed by atoms with Crippen LogP contribution in [0.2, 0.25) is 0 Å². The quantitative estimate of drug-likeness (QED) is 0.744. The fourth-order valence-electron chi connectivity index (χ4n) is 1.84. The van der Waals surface area contributed by atoms with Crippen molar-refractivity contribution in [3.05, 3.63) is 29.3 Å². The molecule has 0 saturated carbocycles. The number of rotatable bonds is 8. The molecule has 0 amide bonds. The van der Waals surface area contributed by atoms with Crippen molar-refractivity contribution < 1.29 is 21.9 Å². The van der Waals surface area contributed by atoms with Gasteiger partial charge in [-0.2, -0.15) is 0 Å². The number of halogens is 2. The zero-order valence-corrected chi connectivity index (χ0v) is 13.1. The summed E-state index contributed by atoms with van der Waals surface area (Å²) in [5.41, 5.74) is 6.04. The highest BCUT2D eigenvalue weighted by molar-refractivity contribution is 7.91. The van der Waals surface area contributed by atoms with Gasteiger partial charge in [-0.05, 0) is 37.5 Å². The first-order valence-electron chi connectivity index (χ1n) is 6.82. The minimum Gasteiger partial charge on any atom is -0.488 e. The van der Waals surface area contributed by atoms with Gasteiger partial charge >= 0.3 is 0 Å². The lowest BCUT2D eigenvalue weighted by atomic mass is 10.1. The lowest BCUT2D eigenvalue weighted by Crippen LogP contribution is -2.18. The van der Waals surface area contributed by atoms with Gasteiger partial charge in [-0.1, -0.05) is 6.92 Å². The Bertz CT molecular complexity index is 551. The lowest BCUT2D eigenvalue weighted by Gasteiger charge is -2.11. The van der Waals surface area contributed by atoms with Crippen LogP contribution in [0.3, 0.4) is 0 Å². The summed E-state index contributed by atoms with van der Waals surface area (Å²) < 4.78 is 55.1. The monoisotopic (exact) mass is 321 g/mol. The Balaban J connectivity index is 2.64. The predicted octanol–water partition coefficient (Wildman–Crippen LogP) is 2.06. The highest BCUT2D eigenvalue weighted by atomic mass is 32.2. The van der Waals surface area contributed by atoms with Gasteiger partial charge in [0.15, 0.2) is 17.4 Å². The number of benzene rings is 1. The van der Waals surface area contributed by atoms with Gasteiger partial charge in [0.05, 0.1) is 12.4 Å². The van der Waals surface area contributed by atoms with Crippen molar-refractivity contribution in [3.63, 3.8) is 0 Å². The molecule has 1 unspecified atom stereocenters. The van der Waals surface area contributed by atoms with E-state index in [4.69, 9.17) is 10.5 Å². The molecule has 0 bridgehead atoms. The van der Waals surface area contributed by atoms with Gasteiger partial charge in [0, 0.05) is 11.8 Å². The Hall–Kier alpha value is -1.21. The van der Waals surface area contributed by atoms with Crippen LogP contribution in [0.5, 0.6) is 5.75 Å². The average Bonchev–Trinajstić information content (AvgIpc) is 2.36. The molecule has 0 aliphatic heterocycles. The highest BCUT2D eigenvalue weighted by Gasteiger charge is 2.14. The van der Waals surface area contributed by atoms with Crippen molar-refractivity contribution in [3.8, 4) is 5.75 Å². The van der Waals surface area contributed by atoms with Gasteiger partial charge in [-0.3, -0.25) is 0 Å². The topological polar surface area (TPSA) is 69.4 Å². The van der Waals surface area contributed by atoms with Crippen LogP contribution in [-0.2, 0) is 16.3 Å². The summed E-state index contributed by atoms with van der Waals surface area (Å²) in [6.07, 6.45) is 0.555. The Morgan fingerprint density at radius 3 is 2.33 bits per heavy atom. The Labute approximate surface area is 124 Å². The van der Waals surface area contributed by atoms with E-state index in [9.17, 15) is 17.2 Å². The Morgan fingerprint density at radius 1 is 1.29 bits per heavy atom. The van der Waals surface area contributed by atoms with E-state index >= 15 is 0 Å². The normalized spacial score (nSPS) is 13.2. The van der Waals surface area contributed by atoms with Gasteiger partial charge in [0.1, 0.15) is 9.84 Å². The summed E-state index contributed by atoms with van der Waals surface area (Å²) in [7, 11) is -3.10. The van der Waals surface area contributed by atoms with Gasteiger partial charge < -0.3 is 10.5 Å². The van der Waals surface area contributed by atoms with E-state index in [1.165, 1.54) is 12.1 Å². The maximum atomic E-state index is 13.8. The largest absolute Gasteiger partial charge is 0.488 e. The van der Waals surface area contributed by atoms with E-state index < -0.39 is 27.2 Å². The van der Waals surface area contributed by atoms with E-state index in [2.05, 4.69) is 0 Å². The molecule has 0 fully saturated rings. The molecule has 1 atom stereocenters. The van der Waals surface area contributed by atoms with Crippen molar-refractivity contribution in [2.45, 2.75) is 32.7 Å². The van der Waals surface area contributed by atoms with Crippen LogP contribution in [0.4, 0.5) is 8.78 Å². The third kappa shape index (κ3) is 5.97. The summed E-state index contributed by atoms with van der Waals surface area (Å²) in [4.78, 5) is 0. The third-order valence-electron chi connectivity index (χ3n) is 2.90. The van der Waals surface area contributed by atoms with Crippen LogP contribution >= 0.6 is 0 Å². The van der Waals surface area contributed by atoms with Crippen LogP contribution in [0.25, 0.3) is 0 Å². The second-order valence-electron chi connectivity index (χ2n) is 5.01. The molecule has 0 saturated heterocycles. The first kappa shape index (κ1) is 17.8. The van der Waals surface area contributed by atoms with Crippen LogP contribution in [0, 0.1) is 11.6 Å². The second kappa shape index (κ2) is 7.70. The molecule has 0 aromatic heterocycles. The Morgan fingerprint density at radius 2 is 1.86 bits per heavy atom.